The van der Waals surface area contributed by atoms with E-state index in [1.165, 1.54) is 25.1 Å². The van der Waals surface area contributed by atoms with Crippen LogP contribution >= 0.6 is 0 Å². The molecule has 8 heteroatoms. The van der Waals surface area contributed by atoms with Crippen molar-refractivity contribution in [1.29, 1.82) is 0 Å². The zero-order valence-electron chi connectivity index (χ0n) is 14.4. The largest absolute Gasteiger partial charge is 0.507 e. The van der Waals surface area contributed by atoms with Gasteiger partial charge in [0.25, 0.3) is 11.6 Å². The Balaban J connectivity index is 2.00. The quantitative estimate of drug-likeness (QED) is 0.833. The van der Waals surface area contributed by atoms with E-state index < -0.39 is 30.0 Å². The first-order valence-corrected chi connectivity index (χ1v) is 8.65. The van der Waals surface area contributed by atoms with E-state index in [4.69, 9.17) is 0 Å². The monoisotopic (exact) mass is 370 g/mol. The van der Waals surface area contributed by atoms with Crippen LogP contribution in [-0.4, -0.2) is 38.7 Å². The van der Waals surface area contributed by atoms with Crippen LogP contribution in [0.5, 0.6) is 5.75 Å². The van der Waals surface area contributed by atoms with Crippen molar-refractivity contribution in [1.82, 2.24) is 5.01 Å². The number of aryl methyl sites for hydroxylation is 1. The molecule has 0 unspecified atom stereocenters. The van der Waals surface area contributed by atoms with E-state index in [9.17, 15) is 28.2 Å². The molecule has 0 saturated heterocycles. The number of alkyl halides is 3. The minimum absolute atomic E-state index is 0.103. The van der Waals surface area contributed by atoms with Crippen LogP contribution in [0.15, 0.2) is 23.3 Å². The van der Waals surface area contributed by atoms with E-state index in [1.54, 1.807) is 0 Å². The van der Waals surface area contributed by atoms with Crippen LogP contribution in [0.2, 0.25) is 0 Å². The number of hydrazone groups is 1. The predicted molar refractivity (Wildman–Crippen MR) is 88.6 cm³/mol. The van der Waals surface area contributed by atoms with Gasteiger partial charge in [-0.15, -0.1) is 0 Å². The normalized spacial score (nSPS) is 24.7. The molecule has 2 aliphatic rings. The van der Waals surface area contributed by atoms with E-state index >= 15 is 0 Å². The van der Waals surface area contributed by atoms with Crippen molar-refractivity contribution in [2.45, 2.75) is 57.3 Å². The lowest BCUT2D eigenvalue weighted by atomic mass is 9.83. The van der Waals surface area contributed by atoms with Crippen molar-refractivity contribution < 1.29 is 28.2 Å². The van der Waals surface area contributed by atoms with E-state index in [0.717, 1.165) is 19.3 Å². The van der Waals surface area contributed by atoms with E-state index in [1.807, 2.05) is 0 Å². The molecule has 142 valence electrons. The average Bonchev–Trinajstić information content (AvgIpc) is 2.96. The van der Waals surface area contributed by atoms with Crippen molar-refractivity contribution in [3.8, 4) is 5.75 Å². The van der Waals surface area contributed by atoms with Crippen LogP contribution in [0.4, 0.5) is 13.2 Å². The Bertz CT molecular complexity index is 742. The van der Waals surface area contributed by atoms with Gasteiger partial charge in [-0.25, -0.2) is 0 Å². The van der Waals surface area contributed by atoms with Gasteiger partial charge in [-0.05, 0) is 37.3 Å². The smallest absolute Gasteiger partial charge is 0.438 e. The number of aromatic hydroxyl groups is 1. The number of nitrogens with zero attached hydrogens (tertiary/aromatic N) is 2. The Morgan fingerprint density at radius 3 is 2.54 bits per heavy atom. The zero-order chi connectivity index (χ0) is 19.1. The van der Waals surface area contributed by atoms with E-state index in [-0.39, 0.29) is 22.2 Å². The predicted octanol–water partition coefficient (Wildman–Crippen LogP) is 3.73. The number of aliphatic hydroxyl groups is 1. The van der Waals surface area contributed by atoms with Gasteiger partial charge in [0.15, 0.2) is 0 Å². The number of rotatable bonds is 2. The first-order chi connectivity index (χ1) is 12.1. The van der Waals surface area contributed by atoms with Gasteiger partial charge in [0.05, 0.1) is 5.56 Å². The summed E-state index contributed by atoms with van der Waals surface area (Å²) < 4.78 is 40.8. The fourth-order valence-electron chi connectivity index (χ4n) is 3.62. The Hall–Kier alpha value is -2.09. The summed E-state index contributed by atoms with van der Waals surface area (Å²) >= 11 is 0. The lowest BCUT2D eigenvalue weighted by Crippen LogP contribution is -2.56. The summed E-state index contributed by atoms with van der Waals surface area (Å²) in [5.74, 6) is -1.75. The van der Waals surface area contributed by atoms with E-state index in [0.29, 0.717) is 18.4 Å². The highest BCUT2D eigenvalue weighted by Gasteiger charge is 2.63. The molecule has 0 aromatic heterocycles. The summed E-state index contributed by atoms with van der Waals surface area (Å²) in [6.07, 6.45) is -1.62. The Kier molecular flexibility index (Phi) is 4.72. The highest BCUT2D eigenvalue weighted by molar-refractivity contribution is 6.00. The third kappa shape index (κ3) is 3.06. The van der Waals surface area contributed by atoms with E-state index in [2.05, 4.69) is 5.10 Å². The highest BCUT2D eigenvalue weighted by atomic mass is 19.4. The first-order valence-electron chi connectivity index (χ1n) is 8.65. The third-order valence-corrected chi connectivity index (χ3v) is 5.20. The molecule has 1 fully saturated rings. The molecule has 1 aromatic carbocycles. The second kappa shape index (κ2) is 6.57. The molecule has 1 amide bonds. The van der Waals surface area contributed by atoms with Crippen molar-refractivity contribution >= 4 is 11.6 Å². The third-order valence-electron chi connectivity index (χ3n) is 5.20. The number of carbonyl (C=O) groups excluding carboxylic acids is 1. The molecule has 0 spiro atoms. The Morgan fingerprint density at radius 1 is 1.27 bits per heavy atom. The molecule has 3 rings (SSSR count). The summed E-state index contributed by atoms with van der Waals surface area (Å²) in [5, 5.41) is 24.4. The molecule has 0 bridgehead atoms. The molecular weight excluding hydrogens is 349 g/mol. The summed E-state index contributed by atoms with van der Waals surface area (Å²) in [6.45, 7) is 1.53. The van der Waals surface area contributed by atoms with Gasteiger partial charge < -0.3 is 10.2 Å². The average molecular weight is 370 g/mol. The fourth-order valence-corrected chi connectivity index (χ4v) is 3.62. The van der Waals surface area contributed by atoms with Gasteiger partial charge in [0, 0.05) is 12.1 Å². The molecule has 5 nitrogen and oxygen atoms in total. The summed E-state index contributed by atoms with van der Waals surface area (Å²) in [5.41, 5.74) is -3.17. The molecule has 2 N–H and O–H groups in total. The number of amides is 1. The van der Waals surface area contributed by atoms with Crippen LogP contribution in [0.3, 0.4) is 0 Å². The maximum Gasteiger partial charge on any atom is 0.438 e. The highest BCUT2D eigenvalue weighted by Crippen LogP contribution is 2.44. The number of phenolic OH excluding ortho intramolecular Hbond substituents is 1. The maximum atomic E-state index is 13.6. The Labute approximate surface area is 149 Å². The number of carbonyl (C=O) groups is 1. The van der Waals surface area contributed by atoms with Crippen LogP contribution in [0.25, 0.3) is 0 Å². The van der Waals surface area contributed by atoms with Crippen molar-refractivity contribution in [2.75, 3.05) is 0 Å². The molecule has 1 aliphatic heterocycles. The lowest BCUT2D eigenvalue weighted by molar-refractivity contribution is -0.297. The van der Waals surface area contributed by atoms with Gasteiger partial charge in [-0.3, -0.25) is 4.79 Å². The fraction of sp³-hybridized carbons (Fsp3) is 0.556. The summed E-state index contributed by atoms with van der Waals surface area (Å²) in [7, 11) is 0. The van der Waals surface area contributed by atoms with Crippen LogP contribution in [-0.2, 0) is 0 Å². The van der Waals surface area contributed by atoms with Gasteiger partial charge in [-0.1, -0.05) is 31.4 Å². The molecule has 1 atom stereocenters. The Morgan fingerprint density at radius 2 is 1.92 bits per heavy atom. The minimum atomic E-state index is -5.07. The van der Waals surface area contributed by atoms with Gasteiger partial charge in [0.1, 0.15) is 5.75 Å². The number of phenols is 1. The number of hydrogen-bond donors (Lipinski definition) is 2. The molecule has 26 heavy (non-hydrogen) atoms. The molecule has 1 aromatic rings. The standard InChI is InChI=1S/C18H21F3N2O3/c1-11-6-5-9-13(15(11)24)16(25)23-17(26,18(19,20)21)10-14(22-23)12-7-3-2-4-8-12/h5-6,9,12,24,26H,2-4,7-8,10H2,1H3/t17-/m0/s1. The topological polar surface area (TPSA) is 73.1 Å². The molecule has 1 aliphatic carbocycles. The van der Waals surface area contributed by atoms with Crippen molar-refractivity contribution in [2.24, 2.45) is 11.0 Å². The number of halogens is 3. The second-order valence-electron chi connectivity index (χ2n) is 7.01. The van der Waals surface area contributed by atoms with Gasteiger partial charge in [0.2, 0.25) is 0 Å². The van der Waals surface area contributed by atoms with Crippen molar-refractivity contribution in [3.05, 3.63) is 29.3 Å². The second-order valence-corrected chi connectivity index (χ2v) is 7.01. The van der Waals surface area contributed by atoms with Crippen LogP contribution in [0.1, 0.15) is 54.4 Å². The van der Waals surface area contributed by atoms with Gasteiger partial charge >= 0.3 is 6.18 Å². The summed E-state index contributed by atoms with van der Waals surface area (Å²) in [4.78, 5) is 12.7. The molecule has 0 radical (unpaired) electrons. The summed E-state index contributed by atoms with van der Waals surface area (Å²) in [6, 6.07) is 4.20. The van der Waals surface area contributed by atoms with Gasteiger partial charge in [-0.2, -0.15) is 23.3 Å². The SMILES string of the molecule is Cc1cccc(C(=O)N2N=C(C3CCCCC3)C[C@]2(O)C(F)(F)F)c1O. The van der Waals surface area contributed by atoms with Crippen molar-refractivity contribution in [3.63, 3.8) is 0 Å². The number of benzene rings is 1. The first kappa shape index (κ1) is 18.7. The van der Waals surface area contributed by atoms with Crippen LogP contribution in [0, 0.1) is 12.8 Å². The van der Waals surface area contributed by atoms with Crippen LogP contribution < -0.4 is 0 Å². The molecular formula is C18H21F3N2O3. The molecule has 1 saturated carbocycles. The molecule has 1 heterocycles. The number of para-hydroxylation sites is 1. The zero-order valence-corrected chi connectivity index (χ0v) is 14.4. The lowest BCUT2D eigenvalue weighted by Gasteiger charge is -2.33. The number of hydrogen-bond acceptors (Lipinski definition) is 4. The maximum absolute atomic E-state index is 13.6. The minimum Gasteiger partial charge on any atom is -0.507 e.